The third kappa shape index (κ3) is 2.73. The number of ether oxygens (including phenoxy) is 1. The summed E-state index contributed by atoms with van der Waals surface area (Å²) in [6.45, 7) is 2.02. The van der Waals surface area contributed by atoms with Crippen LogP contribution >= 0.6 is 11.8 Å². The number of esters is 1. The number of rotatable bonds is 4. The SMILES string of the molecule is CCOC(=O)c1nnc(CSC)o1. The van der Waals surface area contributed by atoms with Crippen molar-refractivity contribution in [3.63, 3.8) is 0 Å². The summed E-state index contributed by atoms with van der Waals surface area (Å²) in [5.41, 5.74) is 0. The predicted molar refractivity (Wildman–Crippen MR) is 47.5 cm³/mol. The van der Waals surface area contributed by atoms with Crippen molar-refractivity contribution in [3.8, 4) is 0 Å². The summed E-state index contributed by atoms with van der Waals surface area (Å²) in [5, 5.41) is 7.22. The molecule has 0 aromatic carbocycles. The molecule has 0 radical (unpaired) electrons. The van der Waals surface area contributed by atoms with Crippen molar-refractivity contribution in [3.05, 3.63) is 11.8 Å². The van der Waals surface area contributed by atoms with Gasteiger partial charge in [-0.15, -0.1) is 10.2 Å². The van der Waals surface area contributed by atoms with Gasteiger partial charge in [-0.3, -0.25) is 0 Å². The maximum Gasteiger partial charge on any atom is 0.396 e. The lowest BCUT2D eigenvalue weighted by atomic mass is 10.7. The van der Waals surface area contributed by atoms with E-state index in [0.29, 0.717) is 18.3 Å². The van der Waals surface area contributed by atoms with E-state index in [-0.39, 0.29) is 5.89 Å². The Kier molecular flexibility index (Phi) is 3.75. The first-order valence-corrected chi connectivity index (χ1v) is 5.15. The van der Waals surface area contributed by atoms with Crippen molar-refractivity contribution in [1.82, 2.24) is 10.2 Å². The first-order chi connectivity index (χ1) is 6.27. The lowest BCUT2D eigenvalue weighted by molar-refractivity contribution is 0.0479. The highest BCUT2D eigenvalue weighted by Crippen LogP contribution is 2.08. The van der Waals surface area contributed by atoms with E-state index in [1.54, 1.807) is 18.7 Å². The van der Waals surface area contributed by atoms with Crippen LogP contribution in [0.3, 0.4) is 0 Å². The highest BCUT2D eigenvalue weighted by Gasteiger charge is 2.14. The summed E-state index contributed by atoms with van der Waals surface area (Å²) in [6.07, 6.45) is 1.91. The molecule has 1 aromatic rings. The minimum atomic E-state index is -0.567. The molecule has 5 nitrogen and oxygen atoms in total. The highest BCUT2D eigenvalue weighted by molar-refractivity contribution is 7.97. The molecule has 0 aliphatic heterocycles. The zero-order valence-corrected chi connectivity index (χ0v) is 8.26. The van der Waals surface area contributed by atoms with Gasteiger partial charge in [-0.1, -0.05) is 0 Å². The second kappa shape index (κ2) is 4.86. The number of nitrogens with zero attached hydrogens (tertiary/aromatic N) is 2. The number of aromatic nitrogens is 2. The Hall–Kier alpha value is -1.04. The predicted octanol–water partition coefficient (Wildman–Crippen LogP) is 1.11. The molecule has 72 valence electrons. The number of carbonyl (C=O) groups excluding carboxylic acids is 1. The molecule has 0 bridgehead atoms. The van der Waals surface area contributed by atoms with Gasteiger partial charge < -0.3 is 9.15 Å². The molecule has 0 aliphatic carbocycles. The van der Waals surface area contributed by atoms with E-state index in [9.17, 15) is 4.79 Å². The van der Waals surface area contributed by atoms with Crippen LogP contribution in [0.1, 0.15) is 23.5 Å². The zero-order chi connectivity index (χ0) is 9.68. The first kappa shape index (κ1) is 10.0. The van der Waals surface area contributed by atoms with E-state index in [4.69, 9.17) is 4.42 Å². The van der Waals surface area contributed by atoms with Crippen molar-refractivity contribution in [2.24, 2.45) is 0 Å². The van der Waals surface area contributed by atoms with Crippen LogP contribution in [0.5, 0.6) is 0 Å². The molecule has 0 N–H and O–H groups in total. The van der Waals surface area contributed by atoms with Crippen molar-refractivity contribution in [2.75, 3.05) is 12.9 Å². The van der Waals surface area contributed by atoms with Crippen LogP contribution in [-0.2, 0) is 10.5 Å². The summed E-state index contributed by atoms with van der Waals surface area (Å²) in [4.78, 5) is 11.0. The minimum Gasteiger partial charge on any atom is -0.459 e. The van der Waals surface area contributed by atoms with Gasteiger partial charge in [0.2, 0.25) is 5.89 Å². The molecule has 6 heteroatoms. The summed E-state index contributed by atoms with van der Waals surface area (Å²) < 4.78 is 9.70. The van der Waals surface area contributed by atoms with E-state index in [1.807, 2.05) is 6.26 Å². The van der Waals surface area contributed by atoms with Crippen LogP contribution < -0.4 is 0 Å². The van der Waals surface area contributed by atoms with Gasteiger partial charge in [-0.05, 0) is 13.2 Å². The van der Waals surface area contributed by atoms with Crippen LogP contribution in [0.4, 0.5) is 0 Å². The number of hydrogen-bond donors (Lipinski definition) is 0. The molecule has 1 aromatic heterocycles. The third-order valence-electron chi connectivity index (χ3n) is 1.18. The second-order valence-corrected chi connectivity index (χ2v) is 3.02. The van der Waals surface area contributed by atoms with Gasteiger partial charge in [0.25, 0.3) is 0 Å². The van der Waals surface area contributed by atoms with Crippen LogP contribution in [0.2, 0.25) is 0 Å². The Morgan fingerprint density at radius 3 is 3.00 bits per heavy atom. The molecule has 0 fully saturated rings. The van der Waals surface area contributed by atoms with Crippen LogP contribution in [0.15, 0.2) is 4.42 Å². The molecular weight excluding hydrogens is 192 g/mol. The third-order valence-corrected chi connectivity index (χ3v) is 1.72. The van der Waals surface area contributed by atoms with Crippen LogP contribution in [0, 0.1) is 0 Å². The van der Waals surface area contributed by atoms with Gasteiger partial charge in [0.15, 0.2) is 0 Å². The molecule has 0 saturated carbocycles. The van der Waals surface area contributed by atoms with E-state index in [2.05, 4.69) is 14.9 Å². The fourth-order valence-corrected chi connectivity index (χ4v) is 1.07. The minimum absolute atomic E-state index is 0.0779. The number of hydrogen-bond acceptors (Lipinski definition) is 6. The maximum atomic E-state index is 11.0. The lowest BCUT2D eigenvalue weighted by Crippen LogP contribution is -2.04. The average Bonchev–Trinajstić information content (AvgIpc) is 2.54. The molecule has 1 rings (SSSR count). The van der Waals surface area contributed by atoms with E-state index >= 15 is 0 Å². The van der Waals surface area contributed by atoms with Crippen LogP contribution in [-0.4, -0.2) is 29.0 Å². The van der Waals surface area contributed by atoms with Crippen molar-refractivity contribution in [1.29, 1.82) is 0 Å². The van der Waals surface area contributed by atoms with Gasteiger partial charge in [0.05, 0.1) is 12.4 Å². The van der Waals surface area contributed by atoms with E-state index in [0.717, 1.165) is 0 Å². The topological polar surface area (TPSA) is 65.2 Å². The Morgan fingerprint density at radius 2 is 2.38 bits per heavy atom. The Labute approximate surface area is 79.9 Å². The summed E-state index contributed by atoms with van der Waals surface area (Å²) in [7, 11) is 0. The Morgan fingerprint density at radius 1 is 1.62 bits per heavy atom. The first-order valence-electron chi connectivity index (χ1n) is 3.76. The molecule has 0 unspecified atom stereocenters. The normalized spacial score (nSPS) is 10.0. The monoisotopic (exact) mass is 202 g/mol. The number of thioether (sulfide) groups is 1. The quantitative estimate of drug-likeness (QED) is 0.681. The highest BCUT2D eigenvalue weighted by atomic mass is 32.2. The molecule has 0 atom stereocenters. The molecule has 1 heterocycles. The Balaban J connectivity index is 2.62. The fraction of sp³-hybridized carbons (Fsp3) is 0.571. The lowest BCUT2D eigenvalue weighted by Gasteiger charge is -1.93. The van der Waals surface area contributed by atoms with Gasteiger partial charge in [-0.25, -0.2) is 4.79 Å². The van der Waals surface area contributed by atoms with Crippen LogP contribution in [0.25, 0.3) is 0 Å². The molecule has 0 amide bonds. The summed E-state index contributed by atoms with van der Waals surface area (Å²) >= 11 is 1.54. The smallest absolute Gasteiger partial charge is 0.396 e. The largest absolute Gasteiger partial charge is 0.459 e. The van der Waals surface area contributed by atoms with Crippen molar-refractivity contribution in [2.45, 2.75) is 12.7 Å². The van der Waals surface area contributed by atoms with E-state index in [1.165, 1.54) is 0 Å². The summed E-state index contributed by atoms with van der Waals surface area (Å²) in [6, 6.07) is 0. The van der Waals surface area contributed by atoms with Crippen molar-refractivity contribution < 1.29 is 13.9 Å². The van der Waals surface area contributed by atoms with Gasteiger partial charge in [-0.2, -0.15) is 11.8 Å². The maximum absolute atomic E-state index is 11.0. The van der Waals surface area contributed by atoms with E-state index < -0.39 is 5.97 Å². The second-order valence-electron chi connectivity index (χ2n) is 2.15. The van der Waals surface area contributed by atoms with Gasteiger partial charge in [0, 0.05) is 0 Å². The Bertz CT molecular complexity index is 287. The molecule has 0 spiro atoms. The zero-order valence-electron chi connectivity index (χ0n) is 7.44. The fourth-order valence-electron chi connectivity index (χ4n) is 0.711. The van der Waals surface area contributed by atoms with Gasteiger partial charge in [0.1, 0.15) is 0 Å². The number of carbonyl (C=O) groups is 1. The average molecular weight is 202 g/mol. The van der Waals surface area contributed by atoms with Crippen molar-refractivity contribution >= 4 is 17.7 Å². The molecule has 0 aliphatic rings. The summed E-state index contributed by atoms with van der Waals surface area (Å²) in [5.74, 6) is 0.399. The molecule has 0 saturated heterocycles. The van der Waals surface area contributed by atoms with Gasteiger partial charge >= 0.3 is 11.9 Å². The molecule has 13 heavy (non-hydrogen) atoms. The standard InChI is InChI=1S/C7H10N2O3S/c1-3-11-7(10)6-9-8-5(12-6)4-13-2/h3-4H2,1-2H3. The molecular formula is C7H10N2O3S.